The number of rotatable bonds is 7. The summed E-state index contributed by atoms with van der Waals surface area (Å²) in [6.07, 6.45) is 0.0898. The highest BCUT2D eigenvalue weighted by molar-refractivity contribution is 8.00. The third kappa shape index (κ3) is 6.37. The number of amides is 3. The molecule has 1 aliphatic rings. The summed E-state index contributed by atoms with van der Waals surface area (Å²) in [5.41, 5.74) is 2.70. The van der Waals surface area contributed by atoms with Crippen molar-refractivity contribution in [1.29, 1.82) is 0 Å². The van der Waals surface area contributed by atoms with Gasteiger partial charge in [0.2, 0.25) is 11.8 Å². The third-order valence-electron chi connectivity index (χ3n) is 5.82. The van der Waals surface area contributed by atoms with Gasteiger partial charge in [-0.2, -0.15) is 10.2 Å². The predicted octanol–water partition coefficient (Wildman–Crippen LogP) is 8.09. The molecule has 0 spiro atoms. The predicted molar refractivity (Wildman–Crippen MR) is 155 cm³/mol. The van der Waals surface area contributed by atoms with E-state index in [1.54, 1.807) is 60.7 Å². The lowest BCUT2D eigenvalue weighted by Gasteiger charge is -2.15. The zero-order valence-electron chi connectivity index (χ0n) is 20.3. The van der Waals surface area contributed by atoms with E-state index >= 15 is 0 Å². The first-order chi connectivity index (χ1) is 18.9. The van der Waals surface area contributed by atoms with Gasteiger partial charge in [0.15, 0.2) is 0 Å². The molecule has 39 heavy (non-hydrogen) atoms. The standard InChI is InChI=1S/C29H20Cl2N4O3S/c30-18-6-15-24(25(31)16-18)28(37)32-19-9-13-23(14-10-19)39-26-17-27(36)35(29(26)38)22-11-7-21(8-12-22)34-33-20-4-2-1-3-5-20/h1-16,26H,17H2,(H,32,37)/t26-/m1/s1. The molecular weight excluding hydrogens is 555 g/mol. The van der Waals surface area contributed by atoms with Crippen LogP contribution < -0.4 is 10.2 Å². The Balaban J connectivity index is 1.20. The lowest BCUT2D eigenvalue weighted by molar-refractivity contribution is -0.121. The van der Waals surface area contributed by atoms with E-state index in [9.17, 15) is 14.4 Å². The van der Waals surface area contributed by atoms with Gasteiger partial charge in [0.25, 0.3) is 5.91 Å². The van der Waals surface area contributed by atoms with Crippen molar-refractivity contribution in [2.24, 2.45) is 10.2 Å². The van der Waals surface area contributed by atoms with E-state index in [0.29, 0.717) is 27.6 Å². The van der Waals surface area contributed by atoms with Crippen LogP contribution in [0.3, 0.4) is 0 Å². The van der Waals surface area contributed by atoms with Crippen LogP contribution in [0.1, 0.15) is 16.8 Å². The first-order valence-electron chi connectivity index (χ1n) is 11.8. The van der Waals surface area contributed by atoms with Crippen LogP contribution in [0.2, 0.25) is 10.0 Å². The van der Waals surface area contributed by atoms with Gasteiger partial charge >= 0.3 is 0 Å². The fraction of sp³-hybridized carbons (Fsp3) is 0.0690. The van der Waals surface area contributed by atoms with Crippen LogP contribution in [0.15, 0.2) is 112 Å². The maximum Gasteiger partial charge on any atom is 0.257 e. The second-order valence-corrected chi connectivity index (χ2v) is 10.7. The van der Waals surface area contributed by atoms with Crippen LogP contribution in [-0.4, -0.2) is 23.0 Å². The second-order valence-electron chi connectivity index (χ2n) is 8.53. The molecule has 1 aliphatic heterocycles. The van der Waals surface area contributed by atoms with Gasteiger partial charge in [0, 0.05) is 22.0 Å². The molecule has 1 saturated heterocycles. The molecule has 0 aliphatic carbocycles. The molecule has 0 unspecified atom stereocenters. The number of halogens is 2. The molecule has 1 heterocycles. The Morgan fingerprint density at radius 3 is 2.18 bits per heavy atom. The van der Waals surface area contributed by atoms with Gasteiger partial charge in [-0.05, 0) is 78.9 Å². The van der Waals surface area contributed by atoms with Crippen LogP contribution in [0, 0.1) is 0 Å². The Labute approximate surface area is 238 Å². The van der Waals surface area contributed by atoms with Crippen molar-refractivity contribution >= 4 is 75.4 Å². The number of thioether (sulfide) groups is 1. The van der Waals surface area contributed by atoms with Gasteiger partial charge < -0.3 is 5.32 Å². The average Bonchev–Trinajstić information content (AvgIpc) is 3.21. The summed E-state index contributed by atoms with van der Waals surface area (Å²) in [5, 5.41) is 11.3. The Hall–Kier alpha value is -3.98. The molecule has 10 heteroatoms. The minimum Gasteiger partial charge on any atom is -0.322 e. The summed E-state index contributed by atoms with van der Waals surface area (Å²) >= 11 is 13.3. The number of azo groups is 1. The van der Waals surface area contributed by atoms with Crippen molar-refractivity contribution in [3.8, 4) is 0 Å². The molecule has 0 radical (unpaired) electrons. The van der Waals surface area contributed by atoms with Crippen LogP contribution in [0.5, 0.6) is 0 Å². The number of carbonyl (C=O) groups is 3. The van der Waals surface area contributed by atoms with Gasteiger partial charge in [-0.15, -0.1) is 11.8 Å². The van der Waals surface area contributed by atoms with Gasteiger partial charge in [0.05, 0.1) is 32.9 Å². The number of imide groups is 1. The Morgan fingerprint density at radius 2 is 1.51 bits per heavy atom. The van der Waals surface area contributed by atoms with Gasteiger partial charge in [-0.3, -0.25) is 14.4 Å². The molecule has 4 aromatic carbocycles. The Morgan fingerprint density at radius 1 is 0.846 bits per heavy atom. The summed E-state index contributed by atoms with van der Waals surface area (Å²) in [4.78, 5) is 40.4. The number of nitrogens with one attached hydrogen (secondary N) is 1. The number of anilines is 2. The fourth-order valence-electron chi connectivity index (χ4n) is 3.90. The van der Waals surface area contributed by atoms with Crippen molar-refractivity contribution < 1.29 is 14.4 Å². The molecule has 5 rings (SSSR count). The quantitative estimate of drug-likeness (QED) is 0.178. The van der Waals surface area contributed by atoms with Crippen LogP contribution >= 0.6 is 35.0 Å². The SMILES string of the molecule is O=C(Nc1ccc(S[C@@H]2CC(=O)N(c3ccc(N=Nc4ccccc4)cc3)C2=O)cc1)c1ccc(Cl)cc1Cl. The van der Waals surface area contributed by atoms with Crippen LogP contribution in [0.4, 0.5) is 22.7 Å². The number of benzene rings is 4. The van der Waals surface area contributed by atoms with Crippen molar-refractivity contribution in [2.45, 2.75) is 16.6 Å². The van der Waals surface area contributed by atoms with Gasteiger partial charge in [-0.1, -0.05) is 41.4 Å². The summed E-state index contributed by atoms with van der Waals surface area (Å²) in [5.74, 6) is -0.907. The molecule has 7 nitrogen and oxygen atoms in total. The van der Waals surface area contributed by atoms with E-state index in [0.717, 1.165) is 10.6 Å². The highest BCUT2D eigenvalue weighted by atomic mass is 35.5. The summed E-state index contributed by atoms with van der Waals surface area (Å²) in [6.45, 7) is 0. The summed E-state index contributed by atoms with van der Waals surface area (Å²) in [6, 6.07) is 27.8. The summed E-state index contributed by atoms with van der Waals surface area (Å²) < 4.78 is 0. The number of hydrogen-bond donors (Lipinski definition) is 1. The molecule has 0 bridgehead atoms. The van der Waals surface area contributed by atoms with E-state index in [-0.39, 0.29) is 29.2 Å². The zero-order chi connectivity index (χ0) is 27.4. The largest absolute Gasteiger partial charge is 0.322 e. The van der Waals surface area contributed by atoms with E-state index in [2.05, 4.69) is 15.5 Å². The molecule has 194 valence electrons. The van der Waals surface area contributed by atoms with E-state index in [1.165, 1.54) is 22.7 Å². The van der Waals surface area contributed by atoms with Crippen molar-refractivity contribution in [3.05, 3.63) is 113 Å². The van der Waals surface area contributed by atoms with E-state index in [1.807, 2.05) is 30.3 Å². The van der Waals surface area contributed by atoms with E-state index < -0.39 is 5.25 Å². The fourth-order valence-corrected chi connectivity index (χ4v) is 5.45. The lowest BCUT2D eigenvalue weighted by atomic mass is 10.2. The maximum absolute atomic E-state index is 13.1. The molecule has 0 saturated carbocycles. The van der Waals surface area contributed by atoms with Crippen molar-refractivity contribution in [2.75, 3.05) is 10.2 Å². The van der Waals surface area contributed by atoms with E-state index in [4.69, 9.17) is 23.2 Å². The smallest absolute Gasteiger partial charge is 0.257 e. The van der Waals surface area contributed by atoms with Crippen LogP contribution in [-0.2, 0) is 9.59 Å². The average molecular weight is 575 g/mol. The first kappa shape index (κ1) is 26.6. The molecule has 4 aromatic rings. The number of nitrogens with zero attached hydrogens (tertiary/aromatic N) is 3. The highest BCUT2D eigenvalue weighted by Crippen LogP contribution is 2.35. The van der Waals surface area contributed by atoms with Gasteiger partial charge in [0.1, 0.15) is 0 Å². The first-order valence-corrected chi connectivity index (χ1v) is 13.5. The second kappa shape index (κ2) is 11.8. The lowest BCUT2D eigenvalue weighted by Crippen LogP contribution is -2.30. The van der Waals surface area contributed by atoms with Crippen LogP contribution in [0.25, 0.3) is 0 Å². The molecule has 1 N–H and O–H groups in total. The Kier molecular flexibility index (Phi) is 8.07. The topological polar surface area (TPSA) is 91.2 Å². The number of hydrogen-bond acceptors (Lipinski definition) is 6. The summed E-state index contributed by atoms with van der Waals surface area (Å²) in [7, 11) is 0. The zero-order valence-corrected chi connectivity index (χ0v) is 22.6. The third-order valence-corrected chi connectivity index (χ3v) is 7.56. The Bertz CT molecular complexity index is 1560. The molecule has 1 fully saturated rings. The monoisotopic (exact) mass is 574 g/mol. The van der Waals surface area contributed by atoms with Gasteiger partial charge in [-0.25, -0.2) is 4.90 Å². The maximum atomic E-state index is 13.1. The molecule has 0 aromatic heterocycles. The number of carbonyl (C=O) groups excluding carboxylic acids is 3. The molecule has 3 amide bonds. The minimum atomic E-state index is -0.553. The molecule has 1 atom stereocenters. The van der Waals surface area contributed by atoms with Crippen molar-refractivity contribution in [1.82, 2.24) is 0 Å². The van der Waals surface area contributed by atoms with Crippen molar-refractivity contribution in [3.63, 3.8) is 0 Å². The highest BCUT2D eigenvalue weighted by Gasteiger charge is 2.40. The normalized spacial score (nSPS) is 15.2. The minimum absolute atomic E-state index is 0.0898. The molecular formula is C29H20Cl2N4O3S.